The second-order valence-corrected chi connectivity index (χ2v) is 5.74. The zero-order valence-corrected chi connectivity index (χ0v) is 13.7. The van der Waals surface area contributed by atoms with E-state index in [2.05, 4.69) is 36.1 Å². The molecular formula is C16H26ClN3O. The summed E-state index contributed by atoms with van der Waals surface area (Å²) in [6.45, 7) is 7.58. The van der Waals surface area contributed by atoms with Crippen LogP contribution >= 0.6 is 12.4 Å². The van der Waals surface area contributed by atoms with E-state index in [1.165, 1.54) is 5.56 Å². The highest BCUT2D eigenvalue weighted by molar-refractivity contribution is 5.85. The molecular weight excluding hydrogens is 286 g/mol. The zero-order chi connectivity index (χ0) is 14.5. The Balaban J connectivity index is 0.00000220. The molecule has 1 aromatic carbocycles. The van der Waals surface area contributed by atoms with Gasteiger partial charge >= 0.3 is 0 Å². The van der Waals surface area contributed by atoms with E-state index in [0.29, 0.717) is 0 Å². The highest BCUT2D eigenvalue weighted by atomic mass is 35.5. The molecule has 4 nitrogen and oxygen atoms in total. The molecule has 1 aliphatic heterocycles. The number of hydrogen-bond acceptors (Lipinski definition) is 3. The van der Waals surface area contributed by atoms with Gasteiger partial charge in [0.15, 0.2) is 0 Å². The minimum absolute atomic E-state index is 0. The van der Waals surface area contributed by atoms with Crippen LogP contribution in [-0.2, 0) is 11.3 Å². The third-order valence-corrected chi connectivity index (χ3v) is 3.85. The Labute approximate surface area is 133 Å². The first kappa shape index (κ1) is 18.0. The summed E-state index contributed by atoms with van der Waals surface area (Å²) < 4.78 is 0. The predicted octanol–water partition coefficient (Wildman–Crippen LogP) is 1.88. The molecule has 2 N–H and O–H groups in total. The molecule has 1 aliphatic rings. The molecule has 0 spiro atoms. The van der Waals surface area contributed by atoms with Crippen LogP contribution in [0.5, 0.6) is 0 Å². The Hall–Kier alpha value is -1.10. The largest absolute Gasteiger partial charge is 0.337 e. The molecule has 2 rings (SSSR count). The van der Waals surface area contributed by atoms with Crippen molar-refractivity contribution in [3.8, 4) is 0 Å². The van der Waals surface area contributed by atoms with Gasteiger partial charge in [-0.25, -0.2) is 0 Å². The molecule has 0 saturated carbocycles. The van der Waals surface area contributed by atoms with Crippen LogP contribution in [0.1, 0.15) is 25.8 Å². The average molecular weight is 312 g/mol. The molecule has 2 unspecified atom stereocenters. The molecule has 118 valence electrons. The fourth-order valence-electron chi connectivity index (χ4n) is 2.82. The molecule has 5 heteroatoms. The van der Waals surface area contributed by atoms with Gasteiger partial charge in [-0.1, -0.05) is 30.3 Å². The van der Waals surface area contributed by atoms with Gasteiger partial charge in [-0.2, -0.15) is 0 Å². The fraction of sp³-hybridized carbons (Fsp3) is 0.562. The second-order valence-electron chi connectivity index (χ2n) is 5.74. The number of nitrogens with zero attached hydrogens (tertiary/aromatic N) is 2. The van der Waals surface area contributed by atoms with Crippen molar-refractivity contribution in [3.05, 3.63) is 35.9 Å². The van der Waals surface area contributed by atoms with Gasteiger partial charge < -0.3 is 10.6 Å². The first-order valence-corrected chi connectivity index (χ1v) is 7.40. The lowest BCUT2D eigenvalue weighted by atomic mass is 10.2. The zero-order valence-electron chi connectivity index (χ0n) is 12.9. The molecule has 0 radical (unpaired) electrons. The van der Waals surface area contributed by atoms with Crippen molar-refractivity contribution in [1.82, 2.24) is 9.80 Å². The number of hydrogen-bond donors (Lipinski definition) is 1. The number of carbonyl (C=O) groups is 1. The molecule has 21 heavy (non-hydrogen) atoms. The van der Waals surface area contributed by atoms with Gasteiger partial charge in [-0.3, -0.25) is 9.69 Å². The number of carbonyl (C=O) groups excluding carboxylic acids is 1. The van der Waals surface area contributed by atoms with E-state index in [-0.39, 0.29) is 24.4 Å². The molecule has 0 aromatic heterocycles. The molecule has 1 aromatic rings. The van der Waals surface area contributed by atoms with E-state index in [0.717, 1.165) is 32.6 Å². The standard InChI is InChI=1S/C16H25N3O.ClH/c1-13-11-18(12-15-7-4-3-5-8-15)9-6-10-19(13)16(20)14(2)17;/h3-5,7-8,13-14H,6,9-12,17H2,1-2H3;1H. The van der Waals surface area contributed by atoms with Gasteiger partial charge in [0.05, 0.1) is 6.04 Å². The Morgan fingerprint density at radius 3 is 2.62 bits per heavy atom. The maximum absolute atomic E-state index is 12.1. The van der Waals surface area contributed by atoms with E-state index >= 15 is 0 Å². The van der Waals surface area contributed by atoms with Crippen LogP contribution in [0.15, 0.2) is 30.3 Å². The van der Waals surface area contributed by atoms with Crippen LogP contribution in [0.2, 0.25) is 0 Å². The van der Waals surface area contributed by atoms with Crippen molar-refractivity contribution in [1.29, 1.82) is 0 Å². The van der Waals surface area contributed by atoms with Crippen molar-refractivity contribution in [3.63, 3.8) is 0 Å². The average Bonchev–Trinajstić information content (AvgIpc) is 2.60. The third-order valence-electron chi connectivity index (χ3n) is 3.85. The SMILES string of the molecule is CC(N)C(=O)N1CCCN(Cc2ccccc2)CC1C.Cl. The van der Waals surface area contributed by atoms with E-state index < -0.39 is 6.04 Å². The lowest BCUT2D eigenvalue weighted by Gasteiger charge is -2.30. The van der Waals surface area contributed by atoms with E-state index in [4.69, 9.17) is 5.73 Å². The Kier molecular flexibility index (Phi) is 7.15. The molecule has 2 atom stereocenters. The lowest BCUT2D eigenvalue weighted by molar-refractivity contribution is -0.134. The monoisotopic (exact) mass is 311 g/mol. The highest BCUT2D eigenvalue weighted by Crippen LogP contribution is 2.14. The summed E-state index contributed by atoms with van der Waals surface area (Å²) in [5, 5.41) is 0. The number of amides is 1. The predicted molar refractivity (Wildman–Crippen MR) is 88.4 cm³/mol. The van der Waals surface area contributed by atoms with Gasteiger partial charge in [0.25, 0.3) is 0 Å². The maximum atomic E-state index is 12.1. The Bertz CT molecular complexity index is 438. The first-order valence-electron chi connectivity index (χ1n) is 7.40. The number of nitrogens with two attached hydrogens (primary N) is 1. The molecule has 1 saturated heterocycles. The molecule has 1 heterocycles. The van der Waals surface area contributed by atoms with Crippen molar-refractivity contribution in [2.45, 2.75) is 38.9 Å². The van der Waals surface area contributed by atoms with E-state index in [1.54, 1.807) is 6.92 Å². The maximum Gasteiger partial charge on any atom is 0.239 e. The van der Waals surface area contributed by atoms with Crippen LogP contribution < -0.4 is 5.73 Å². The van der Waals surface area contributed by atoms with Crippen molar-refractivity contribution < 1.29 is 4.79 Å². The van der Waals surface area contributed by atoms with Crippen LogP contribution in [0.25, 0.3) is 0 Å². The molecule has 0 bridgehead atoms. The van der Waals surface area contributed by atoms with E-state index in [1.807, 2.05) is 11.0 Å². The Morgan fingerprint density at radius 1 is 1.33 bits per heavy atom. The molecule has 1 fully saturated rings. The van der Waals surface area contributed by atoms with Crippen LogP contribution in [0.3, 0.4) is 0 Å². The van der Waals surface area contributed by atoms with Crippen molar-refractivity contribution in [2.75, 3.05) is 19.6 Å². The summed E-state index contributed by atoms with van der Waals surface area (Å²) in [5.74, 6) is 0.0686. The van der Waals surface area contributed by atoms with Crippen molar-refractivity contribution in [2.24, 2.45) is 5.73 Å². The highest BCUT2D eigenvalue weighted by Gasteiger charge is 2.26. The van der Waals surface area contributed by atoms with Gasteiger partial charge in [0.2, 0.25) is 5.91 Å². The smallest absolute Gasteiger partial charge is 0.239 e. The van der Waals surface area contributed by atoms with Gasteiger partial charge in [-0.15, -0.1) is 12.4 Å². The summed E-state index contributed by atoms with van der Waals surface area (Å²) in [6.07, 6.45) is 1.01. The van der Waals surface area contributed by atoms with Crippen LogP contribution in [-0.4, -0.2) is 47.4 Å². The van der Waals surface area contributed by atoms with Gasteiger partial charge in [-0.05, 0) is 25.8 Å². The van der Waals surface area contributed by atoms with E-state index in [9.17, 15) is 4.79 Å². The first-order chi connectivity index (χ1) is 9.58. The quantitative estimate of drug-likeness (QED) is 0.927. The molecule has 0 aliphatic carbocycles. The van der Waals surface area contributed by atoms with Gasteiger partial charge in [0, 0.05) is 32.2 Å². The summed E-state index contributed by atoms with van der Waals surface area (Å²) >= 11 is 0. The summed E-state index contributed by atoms with van der Waals surface area (Å²) in [4.78, 5) is 16.5. The summed E-state index contributed by atoms with van der Waals surface area (Å²) in [6, 6.07) is 10.3. The summed E-state index contributed by atoms with van der Waals surface area (Å²) in [7, 11) is 0. The van der Waals surface area contributed by atoms with Gasteiger partial charge in [0.1, 0.15) is 0 Å². The van der Waals surface area contributed by atoms with Crippen molar-refractivity contribution >= 4 is 18.3 Å². The third kappa shape index (κ3) is 4.99. The minimum atomic E-state index is -0.405. The Morgan fingerprint density at radius 2 is 2.00 bits per heavy atom. The normalized spacial score (nSPS) is 21.3. The summed E-state index contributed by atoms with van der Waals surface area (Å²) in [5.41, 5.74) is 7.06. The number of rotatable bonds is 3. The minimum Gasteiger partial charge on any atom is -0.337 e. The lowest BCUT2D eigenvalue weighted by Crippen LogP contribution is -2.48. The topological polar surface area (TPSA) is 49.6 Å². The number of halogens is 1. The van der Waals surface area contributed by atoms with Crippen LogP contribution in [0.4, 0.5) is 0 Å². The second kappa shape index (κ2) is 8.37. The molecule has 1 amide bonds. The fourth-order valence-corrected chi connectivity index (χ4v) is 2.82. The van der Waals surface area contributed by atoms with Crippen LogP contribution in [0, 0.1) is 0 Å². The number of benzene rings is 1.